The van der Waals surface area contributed by atoms with Gasteiger partial charge >= 0.3 is 0 Å². The molecule has 3 aromatic rings. The lowest BCUT2D eigenvalue weighted by Crippen LogP contribution is -2.33. The summed E-state index contributed by atoms with van der Waals surface area (Å²) < 4.78 is 18.0. The Morgan fingerprint density at radius 3 is 2.53 bits per heavy atom. The average molecular weight is 406 g/mol. The van der Waals surface area contributed by atoms with Crippen molar-refractivity contribution in [3.63, 3.8) is 0 Å². The van der Waals surface area contributed by atoms with Crippen LogP contribution in [0.15, 0.2) is 48.9 Å². The number of fused-ring (bicyclic) bond motifs is 2. The molecule has 4 heterocycles. The van der Waals surface area contributed by atoms with Crippen LogP contribution in [0.2, 0.25) is 0 Å². The number of aromatic nitrogens is 3. The van der Waals surface area contributed by atoms with Gasteiger partial charge in [-0.1, -0.05) is 6.07 Å². The SMILES string of the molecule is Cc1ccc(OC2CO[C@H]3CN(C(=O)c4cccc5nccnc45)C[C@@H]3OC2)cn1. The van der Waals surface area contributed by atoms with Gasteiger partial charge in [0.05, 0.1) is 30.5 Å². The zero-order valence-corrected chi connectivity index (χ0v) is 16.6. The molecule has 0 saturated carbocycles. The highest BCUT2D eigenvalue weighted by atomic mass is 16.6. The maximum Gasteiger partial charge on any atom is 0.256 e. The molecule has 0 aliphatic carbocycles. The second kappa shape index (κ2) is 7.97. The molecule has 0 unspecified atom stereocenters. The molecule has 1 aromatic carbocycles. The van der Waals surface area contributed by atoms with E-state index in [1.54, 1.807) is 29.6 Å². The van der Waals surface area contributed by atoms with Crippen LogP contribution >= 0.6 is 0 Å². The minimum atomic E-state index is -0.211. The third-order valence-electron chi connectivity index (χ3n) is 5.41. The van der Waals surface area contributed by atoms with Crippen LogP contribution in [-0.2, 0) is 9.47 Å². The van der Waals surface area contributed by atoms with Crippen LogP contribution in [0.25, 0.3) is 11.0 Å². The fourth-order valence-electron chi connectivity index (χ4n) is 3.86. The van der Waals surface area contributed by atoms with Crippen molar-refractivity contribution in [3.05, 3.63) is 60.2 Å². The maximum absolute atomic E-state index is 13.1. The molecular formula is C22H22N4O4. The van der Waals surface area contributed by atoms with Crippen LogP contribution in [0.5, 0.6) is 5.75 Å². The number of para-hydroxylation sites is 1. The Morgan fingerprint density at radius 2 is 1.80 bits per heavy atom. The van der Waals surface area contributed by atoms with E-state index >= 15 is 0 Å². The Morgan fingerprint density at radius 1 is 1.03 bits per heavy atom. The molecule has 154 valence electrons. The van der Waals surface area contributed by atoms with Gasteiger partial charge in [-0.05, 0) is 31.2 Å². The van der Waals surface area contributed by atoms with E-state index in [9.17, 15) is 4.79 Å². The summed E-state index contributed by atoms with van der Waals surface area (Å²) in [6.45, 7) is 3.67. The fraction of sp³-hybridized carbons (Fsp3) is 0.364. The Bertz CT molecular complexity index is 1040. The van der Waals surface area contributed by atoms with E-state index in [4.69, 9.17) is 14.2 Å². The third-order valence-corrected chi connectivity index (χ3v) is 5.41. The van der Waals surface area contributed by atoms with Crippen LogP contribution in [-0.4, -0.2) is 70.4 Å². The summed E-state index contributed by atoms with van der Waals surface area (Å²) in [4.78, 5) is 27.8. The van der Waals surface area contributed by atoms with Gasteiger partial charge in [0.25, 0.3) is 5.91 Å². The van der Waals surface area contributed by atoms with E-state index in [-0.39, 0.29) is 24.2 Å². The molecule has 0 N–H and O–H groups in total. The molecule has 8 heteroatoms. The number of aryl methyl sites for hydroxylation is 1. The third kappa shape index (κ3) is 3.71. The molecule has 0 radical (unpaired) electrons. The molecule has 0 spiro atoms. The van der Waals surface area contributed by atoms with Crippen molar-refractivity contribution in [2.45, 2.75) is 25.2 Å². The summed E-state index contributed by atoms with van der Waals surface area (Å²) in [5.74, 6) is 0.610. The zero-order valence-electron chi connectivity index (χ0n) is 16.6. The number of likely N-dealkylation sites (tertiary alicyclic amines) is 1. The molecule has 1 amide bonds. The van der Waals surface area contributed by atoms with Crippen molar-refractivity contribution in [1.29, 1.82) is 0 Å². The van der Waals surface area contributed by atoms with Gasteiger partial charge in [0, 0.05) is 31.2 Å². The predicted molar refractivity (Wildman–Crippen MR) is 108 cm³/mol. The number of hydrogen-bond donors (Lipinski definition) is 0. The predicted octanol–water partition coefficient (Wildman–Crippen LogP) is 2.02. The van der Waals surface area contributed by atoms with E-state index < -0.39 is 0 Å². The summed E-state index contributed by atoms with van der Waals surface area (Å²) >= 11 is 0. The van der Waals surface area contributed by atoms with Crippen molar-refractivity contribution in [2.75, 3.05) is 26.3 Å². The number of hydrogen-bond acceptors (Lipinski definition) is 7. The highest BCUT2D eigenvalue weighted by Crippen LogP contribution is 2.25. The van der Waals surface area contributed by atoms with Crippen molar-refractivity contribution >= 4 is 16.9 Å². The molecule has 0 bridgehead atoms. The molecule has 30 heavy (non-hydrogen) atoms. The molecular weight excluding hydrogens is 384 g/mol. The van der Waals surface area contributed by atoms with Gasteiger partial charge in [-0.2, -0.15) is 0 Å². The zero-order chi connectivity index (χ0) is 20.5. The lowest BCUT2D eigenvalue weighted by Gasteiger charge is -2.20. The van der Waals surface area contributed by atoms with Gasteiger partial charge in [-0.15, -0.1) is 0 Å². The van der Waals surface area contributed by atoms with Gasteiger partial charge < -0.3 is 19.1 Å². The van der Waals surface area contributed by atoms with Gasteiger partial charge in [0.2, 0.25) is 0 Å². The fourth-order valence-corrected chi connectivity index (χ4v) is 3.86. The van der Waals surface area contributed by atoms with Crippen molar-refractivity contribution < 1.29 is 19.0 Å². The van der Waals surface area contributed by atoms with Gasteiger partial charge in [-0.25, -0.2) is 0 Å². The molecule has 8 nitrogen and oxygen atoms in total. The molecule has 2 fully saturated rings. The van der Waals surface area contributed by atoms with Gasteiger partial charge in [-0.3, -0.25) is 19.7 Å². The normalized spacial score (nSPS) is 22.0. The van der Waals surface area contributed by atoms with Crippen LogP contribution in [0.3, 0.4) is 0 Å². The van der Waals surface area contributed by atoms with E-state index in [1.165, 1.54) is 0 Å². The van der Waals surface area contributed by atoms with Crippen LogP contribution < -0.4 is 4.74 Å². The lowest BCUT2D eigenvalue weighted by molar-refractivity contribution is -0.00461. The first-order chi connectivity index (χ1) is 14.7. The van der Waals surface area contributed by atoms with Crippen molar-refractivity contribution in [1.82, 2.24) is 19.9 Å². The first-order valence-corrected chi connectivity index (χ1v) is 9.99. The molecule has 2 saturated heterocycles. The molecule has 2 atom stereocenters. The number of nitrogens with zero attached hydrogens (tertiary/aromatic N) is 4. The molecule has 5 rings (SSSR count). The van der Waals surface area contributed by atoms with E-state index in [1.807, 2.05) is 31.2 Å². The second-order valence-electron chi connectivity index (χ2n) is 7.56. The minimum Gasteiger partial charge on any atom is -0.484 e. The van der Waals surface area contributed by atoms with E-state index in [2.05, 4.69) is 15.0 Å². The molecule has 2 aromatic heterocycles. The van der Waals surface area contributed by atoms with E-state index in [0.717, 1.165) is 5.69 Å². The Hall–Kier alpha value is -3.10. The maximum atomic E-state index is 13.1. The number of ether oxygens (including phenoxy) is 3. The number of rotatable bonds is 3. The second-order valence-corrected chi connectivity index (χ2v) is 7.56. The van der Waals surface area contributed by atoms with Gasteiger partial charge in [0.15, 0.2) is 0 Å². The number of amides is 1. The Balaban J connectivity index is 1.24. The van der Waals surface area contributed by atoms with Crippen LogP contribution in [0, 0.1) is 6.92 Å². The minimum absolute atomic E-state index is 0.0834. The Kier molecular flexibility index (Phi) is 5.02. The standard InChI is InChI=1S/C22H22N4O4/c1-14-5-6-15(9-25-14)30-16-12-28-19-10-26(11-20(19)29-13-16)22(27)17-3-2-4-18-21(17)24-8-7-23-18/h2-9,16,19-20H,10-13H2,1H3/t19-,20-/m0/s1. The lowest BCUT2D eigenvalue weighted by atomic mass is 10.1. The number of benzene rings is 1. The van der Waals surface area contributed by atoms with Crippen molar-refractivity contribution in [2.24, 2.45) is 0 Å². The number of pyridine rings is 1. The summed E-state index contributed by atoms with van der Waals surface area (Å²) in [7, 11) is 0. The van der Waals surface area contributed by atoms with Gasteiger partial charge in [0.1, 0.15) is 29.6 Å². The largest absolute Gasteiger partial charge is 0.484 e. The summed E-state index contributed by atoms with van der Waals surface area (Å²) in [6, 6.07) is 9.26. The smallest absolute Gasteiger partial charge is 0.256 e. The average Bonchev–Trinajstić information content (AvgIpc) is 3.10. The first kappa shape index (κ1) is 18.9. The highest BCUT2D eigenvalue weighted by Gasteiger charge is 2.40. The number of carbonyl (C=O) groups is 1. The van der Waals surface area contributed by atoms with Crippen LogP contribution in [0.4, 0.5) is 0 Å². The van der Waals surface area contributed by atoms with E-state index in [0.29, 0.717) is 48.6 Å². The Labute approximate surface area is 173 Å². The topological polar surface area (TPSA) is 86.7 Å². The highest BCUT2D eigenvalue weighted by molar-refractivity contribution is 6.04. The summed E-state index contributed by atoms with van der Waals surface area (Å²) in [5.41, 5.74) is 2.80. The number of carbonyl (C=O) groups excluding carboxylic acids is 1. The molecule has 2 aliphatic heterocycles. The van der Waals surface area contributed by atoms with Crippen molar-refractivity contribution in [3.8, 4) is 5.75 Å². The first-order valence-electron chi connectivity index (χ1n) is 9.99. The monoisotopic (exact) mass is 406 g/mol. The quantitative estimate of drug-likeness (QED) is 0.658. The summed E-state index contributed by atoms with van der Waals surface area (Å²) in [6.07, 6.45) is 4.35. The summed E-state index contributed by atoms with van der Waals surface area (Å²) in [5, 5.41) is 0. The molecule has 2 aliphatic rings. The van der Waals surface area contributed by atoms with Crippen LogP contribution in [0.1, 0.15) is 16.1 Å².